The van der Waals surface area contributed by atoms with Gasteiger partial charge in [-0.2, -0.15) is 0 Å². The van der Waals surface area contributed by atoms with Crippen LogP contribution in [-0.4, -0.2) is 40.5 Å². The van der Waals surface area contributed by atoms with Crippen molar-refractivity contribution in [1.82, 2.24) is 9.62 Å². The zero-order valence-corrected chi connectivity index (χ0v) is 16.8. The molecule has 2 aromatic carbocycles. The number of carbonyl (C=O) groups is 2. The third-order valence-electron chi connectivity index (χ3n) is 4.40. The van der Waals surface area contributed by atoms with Crippen molar-refractivity contribution in [1.29, 1.82) is 0 Å². The molecule has 1 atom stereocenters. The summed E-state index contributed by atoms with van der Waals surface area (Å²) in [6.07, 6.45) is 1.68. The normalized spacial score (nSPS) is 17.2. The Morgan fingerprint density at radius 1 is 1.07 bits per heavy atom. The number of aryl methyl sites for hydroxylation is 2. The topological polar surface area (TPSA) is 75.7 Å². The van der Waals surface area contributed by atoms with E-state index in [4.69, 9.17) is 4.74 Å². The number of carbonyl (C=O) groups excluding carboxylic acids is 2. The highest BCUT2D eigenvalue weighted by atomic mass is 32.2. The van der Waals surface area contributed by atoms with E-state index in [1.807, 2.05) is 44.2 Å². The fourth-order valence-corrected chi connectivity index (χ4v) is 4.00. The average Bonchev–Trinajstić information content (AvgIpc) is 2.82. The first-order valence-corrected chi connectivity index (χ1v) is 9.92. The van der Waals surface area contributed by atoms with Crippen molar-refractivity contribution in [3.63, 3.8) is 0 Å². The van der Waals surface area contributed by atoms with Gasteiger partial charge in [-0.1, -0.05) is 29.3 Å². The van der Waals surface area contributed by atoms with Crippen molar-refractivity contribution >= 4 is 28.9 Å². The third-order valence-corrected chi connectivity index (χ3v) is 5.77. The number of amides is 2. The van der Waals surface area contributed by atoms with Crippen molar-refractivity contribution in [2.45, 2.75) is 18.7 Å². The van der Waals surface area contributed by atoms with Gasteiger partial charge in [0, 0.05) is 17.7 Å². The summed E-state index contributed by atoms with van der Waals surface area (Å²) in [6.45, 7) is 3.67. The van der Waals surface area contributed by atoms with Gasteiger partial charge in [0.15, 0.2) is 11.0 Å². The third kappa shape index (κ3) is 4.31. The molecular weight excluding hydrogens is 376 g/mol. The second-order valence-electron chi connectivity index (χ2n) is 6.60. The predicted octanol–water partition coefficient (Wildman–Crippen LogP) is 2.38. The largest absolute Gasteiger partial charge is 0.496 e. The van der Waals surface area contributed by atoms with E-state index in [9.17, 15) is 13.8 Å². The van der Waals surface area contributed by atoms with Crippen molar-refractivity contribution in [2.75, 3.05) is 20.2 Å². The molecule has 1 heterocycles. The van der Waals surface area contributed by atoms with Gasteiger partial charge in [-0.15, -0.1) is 0 Å². The Labute approximate surface area is 166 Å². The summed E-state index contributed by atoms with van der Waals surface area (Å²) in [5, 5.41) is 2.70. The molecule has 0 spiro atoms. The molecule has 1 N–H and O–H groups in total. The van der Waals surface area contributed by atoms with E-state index in [2.05, 4.69) is 5.32 Å². The number of nitrogens with zero attached hydrogens (tertiary/aromatic N) is 1. The van der Waals surface area contributed by atoms with E-state index >= 15 is 0 Å². The van der Waals surface area contributed by atoms with Crippen LogP contribution in [-0.2, 0) is 20.6 Å². The van der Waals surface area contributed by atoms with Gasteiger partial charge >= 0.3 is 0 Å². The second-order valence-corrected chi connectivity index (χ2v) is 8.01. The highest BCUT2D eigenvalue weighted by Crippen LogP contribution is 2.24. The Kier molecular flexibility index (Phi) is 5.94. The first kappa shape index (κ1) is 19.8. The van der Waals surface area contributed by atoms with Gasteiger partial charge in [0.25, 0.3) is 5.91 Å². The number of hydrogen-bond acceptors (Lipinski definition) is 4. The number of methoxy groups -OCH3 is 1. The van der Waals surface area contributed by atoms with Crippen LogP contribution in [0.1, 0.15) is 16.7 Å². The first-order chi connectivity index (χ1) is 13.4. The minimum absolute atomic E-state index is 0.0658. The standard InChI is InChI=1S/C21H22N2O4S/c1-14-4-7-18(8-5-14)28(26)23-13-20(24)22-12-17(21(23)25)11-16-10-15(2)6-9-19(16)27-3/h4-11H,12-13H2,1-3H3,(H,22,24)/b17-11+. The Hall–Kier alpha value is -2.93. The zero-order chi connectivity index (χ0) is 20.3. The number of hydrogen-bond donors (Lipinski definition) is 1. The Morgan fingerprint density at radius 2 is 1.75 bits per heavy atom. The summed E-state index contributed by atoms with van der Waals surface area (Å²) in [4.78, 5) is 25.7. The molecule has 1 fully saturated rings. The molecule has 0 aliphatic carbocycles. The Morgan fingerprint density at radius 3 is 2.43 bits per heavy atom. The zero-order valence-electron chi connectivity index (χ0n) is 16.0. The number of ether oxygens (including phenoxy) is 1. The summed E-state index contributed by atoms with van der Waals surface area (Å²) in [5.41, 5.74) is 3.10. The highest BCUT2D eigenvalue weighted by molar-refractivity contribution is 7.83. The van der Waals surface area contributed by atoms with E-state index in [0.29, 0.717) is 16.2 Å². The van der Waals surface area contributed by atoms with Gasteiger partial charge in [-0.3, -0.25) is 9.59 Å². The quantitative estimate of drug-likeness (QED) is 0.803. The molecule has 2 amide bonds. The first-order valence-electron chi connectivity index (χ1n) is 8.81. The van der Waals surface area contributed by atoms with Gasteiger partial charge in [-0.05, 0) is 44.2 Å². The molecule has 1 aliphatic heterocycles. The molecule has 3 rings (SSSR count). The van der Waals surface area contributed by atoms with Crippen molar-refractivity contribution in [2.24, 2.45) is 0 Å². The maximum Gasteiger partial charge on any atom is 0.264 e. The van der Waals surface area contributed by atoms with Crippen LogP contribution in [0.2, 0.25) is 0 Å². The smallest absolute Gasteiger partial charge is 0.264 e. The molecule has 7 heteroatoms. The van der Waals surface area contributed by atoms with E-state index < -0.39 is 16.9 Å². The summed E-state index contributed by atoms with van der Waals surface area (Å²) in [7, 11) is -0.222. The maximum absolute atomic E-state index is 13.1. The van der Waals surface area contributed by atoms with E-state index in [1.54, 1.807) is 25.3 Å². The summed E-state index contributed by atoms with van der Waals surface area (Å²) < 4.78 is 19.4. The molecule has 1 saturated heterocycles. The number of nitrogens with one attached hydrogen (secondary N) is 1. The summed E-state index contributed by atoms with van der Waals surface area (Å²) >= 11 is 0. The van der Waals surface area contributed by atoms with E-state index in [1.165, 1.54) is 0 Å². The lowest BCUT2D eigenvalue weighted by atomic mass is 10.1. The molecule has 28 heavy (non-hydrogen) atoms. The van der Waals surface area contributed by atoms with Crippen LogP contribution in [0.5, 0.6) is 5.75 Å². The average molecular weight is 398 g/mol. The summed E-state index contributed by atoms with van der Waals surface area (Å²) in [6, 6.07) is 12.7. The molecular formula is C21H22N2O4S. The van der Waals surface area contributed by atoms with Crippen molar-refractivity contribution in [3.8, 4) is 5.75 Å². The van der Waals surface area contributed by atoms with Crippen LogP contribution in [0, 0.1) is 13.8 Å². The van der Waals surface area contributed by atoms with Crippen LogP contribution < -0.4 is 10.1 Å². The molecule has 0 aromatic heterocycles. The predicted molar refractivity (Wildman–Crippen MR) is 108 cm³/mol. The van der Waals surface area contributed by atoms with Gasteiger partial charge in [-0.25, -0.2) is 8.51 Å². The van der Waals surface area contributed by atoms with Crippen LogP contribution in [0.4, 0.5) is 0 Å². The Balaban J connectivity index is 1.98. The molecule has 1 aliphatic rings. The van der Waals surface area contributed by atoms with Crippen LogP contribution in [0.3, 0.4) is 0 Å². The van der Waals surface area contributed by atoms with Crippen molar-refractivity contribution < 1.29 is 18.5 Å². The number of benzene rings is 2. The van der Waals surface area contributed by atoms with E-state index in [-0.39, 0.29) is 19.0 Å². The van der Waals surface area contributed by atoms with Crippen molar-refractivity contribution in [3.05, 3.63) is 64.7 Å². The van der Waals surface area contributed by atoms with Crippen LogP contribution in [0.25, 0.3) is 6.08 Å². The SMILES string of the molecule is COc1ccc(C)cc1/C=C1\CNC(=O)CN(S(=O)c2ccc(C)cc2)C1=O. The molecule has 0 radical (unpaired) electrons. The molecule has 146 valence electrons. The minimum Gasteiger partial charge on any atom is -0.496 e. The van der Waals surface area contributed by atoms with Gasteiger partial charge < -0.3 is 10.1 Å². The molecule has 2 aromatic rings. The Bertz CT molecular complexity index is 967. The fourth-order valence-electron chi connectivity index (χ4n) is 2.87. The lowest BCUT2D eigenvalue weighted by Crippen LogP contribution is -2.37. The van der Waals surface area contributed by atoms with Crippen LogP contribution >= 0.6 is 0 Å². The number of rotatable bonds is 4. The molecule has 1 unspecified atom stereocenters. The lowest BCUT2D eigenvalue weighted by molar-refractivity contribution is -0.126. The monoisotopic (exact) mass is 398 g/mol. The maximum atomic E-state index is 13.1. The fraction of sp³-hybridized carbons (Fsp3) is 0.238. The summed E-state index contributed by atoms with van der Waals surface area (Å²) in [5.74, 6) is -0.179. The molecule has 6 nitrogen and oxygen atoms in total. The van der Waals surface area contributed by atoms with Gasteiger partial charge in [0.05, 0.1) is 12.0 Å². The molecule has 0 bridgehead atoms. The highest BCUT2D eigenvalue weighted by Gasteiger charge is 2.30. The molecule has 0 saturated carbocycles. The van der Waals surface area contributed by atoms with E-state index in [0.717, 1.165) is 21.0 Å². The minimum atomic E-state index is -1.78. The lowest BCUT2D eigenvalue weighted by Gasteiger charge is -2.19. The van der Waals surface area contributed by atoms with Gasteiger partial charge in [0.2, 0.25) is 5.91 Å². The second kappa shape index (κ2) is 8.39. The van der Waals surface area contributed by atoms with Gasteiger partial charge in [0.1, 0.15) is 12.3 Å². The van der Waals surface area contributed by atoms with Crippen LogP contribution in [0.15, 0.2) is 52.9 Å².